The highest BCUT2D eigenvalue weighted by molar-refractivity contribution is 5.75. The molecule has 0 aliphatic rings. The zero-order chi connectivity index (χ0) is 18.2. The zero-order valence-corrected chi connectivity index (χ0v) is 14.2. The van der Waals surface area contributed by atoms with Crippen LogP contribution in [0.4, 0.5) is 4.79 Å². The van der Waals surface area contributed by atoms with Crippen LogP contribution in [0.15, 0.2) is 20.1 Å². The van der Waals surface area contributed by atoms with Crippen molar-refractivity contribution in [3.05, 3.63) is 32.4 Å². The minimum Gasteiger partial charge on any atom is -0.448 e. The van der Waals surface area contributed by atoms with E-state index in [9.17, 15) is 14.4 Å². The molecule has 0 spiro atoms. The lowest BCUT2D eigenvalue weighted by Crippen LogP contribution is -2.29. The van der Waals surface area contributed by atoms with Crippen LogP contribution in [-0.4, -0.2) is 22.7 Å². The summed E-state index contributed by atoms with van der Waals surface area (Å²) < 4.78 is 9.61. The number of ether oxygens (including phenoxy) is 1. The van der Waals surface area contributed by atoms with E-state index in [0.29, 0.717) is 12.0 Å². The molecule has 0 unspecified atom stereocenters. The number of aromatic nitrogens is 2. The molecular formula is C16H21N3O6. The van der Waals surface area contributed by atoms with Crippen LogP contribution in [0.2, 0.25) is 0 Å². The smallest absolute Gasteiger partial charge is 0.440 e. The van der Waals surface area contributed by atoms with Gasteiger partial charge in [-0.1, -0.05) is 26.2 Å². The maximum atomic E-state index is 12.3. The van der Waals surface area contributed by atoms with Gasteiger partial charge in [0.1, 0.15) is 5.39 Å². The third kappa shape index (κ3) is 5.07. The Morgan fingerprint density at radius 2 is 2.08 bits per heavy atom. The topological polar surface area (TPSA) is 124 Å². The van der Waals surface area contributed by atoms with Crippen LogP contribution in [0.5, 0.6) is 6.01 Å². The highest BCUT2D eigenvalue weighted by Crippen LogP contribution is 2.15. The van der Waals surface area contributed by atoms with Crippen molar-refractivity contribution in [1.82, 2.24) is 15.4 Å². The molecule has 0 fully saturated rings. The molecule has 2 rings (SSSR count). The molecule has 0 radical (unpaired) electrons. The third-order valence-corrected chi connectivity index (χ3v) is 3.48. The van der Waals surface area contributed by atoms with Crippen LogP contribution in [0.1, 0.15) is 45.1 Å². The molecule has 0 bridgehead atoms. The van der Waals surface area contributed by atoms with Crippen LogP contribution in [0.25, 0.3) is 11.1 Å². The van der Waals surface area contributed by atoms with Crippen molar-refractivity contribution in [3.8, 4) is 6.01 Å². The number of nitrogens with zero attached hydrogens (tertiary/aromatic N) is 1. The number of fused-ring (bicyclic) bond motifs is 1. The number of hydroxylamine groups is 1. The van der Waals surface area contributed by atoms with E-state index < -0.39 is 17.3 Å². The van der Waals surface area contributed by atoms with Gasteiger partial charge in [0.2, 0.25) is 5.71 Å². The number of hydrogen-bond donors (Lipinski definition) is 2. The summed E-state index contributed by atoms with van der Waals surface area (Å²) in [7, 11) is 0. The average Bonchev–Trinajstić information content (AvgIpc) is 2.56. The molecule has 136 valence electrons. The highest BCUT2D eigenvalue weighted by atomic mass is 16.7. The Labute approximate surface area is 143 Å². The standard InChI is InChI=1S/C16H21N3O6/c1-3-5-6-7-8-10-9-11(20)24-14-12(10)13(21)17-15(18-14)25-19-16(22)23-4-2/h9H,3-8H2,1-2H3,(H,19,22)(H,17,18,21). The number of unbranched alkanes of at least 4 members (excludes halogenated alkanes) is 3. The summed E-state index contributed by atoms with van der Waals surface area (Å²) in [4.78, 5) is 46.4. The van der Waals surface area contributed by atoms with Gasteiger partial charge in [0.05, 0.1) is 6.61 Å². The summed E-state index contributed by atoms with van der Waals surface area (Å²) in [5, 5.41) is 0.208. The van der Waals surface area contributed by atoms with E-state index in [-0.39, 0.29) is 23.7 Å². The van der Waals surface area contributed by atoms with Gasteiger partial charge in [0.15, 0.2) is 0 Å². The van der Waals surface area contributed by atoms with Crippen LogP contribution < -0.4 is 21.5 Å². The number of hydrogen-bond acceptors (Lipinski definition) is 7. The van der Waals surface area contributed by atoms with Crippen molar-refractivity contribution < 1.29 is 18.8 Å². The second-order valence-electron chi connectivity index (χ2n) is 5.38. The molecule has 2 heterocycles. The number of carbonyl (C=O) groups excluding carboxylic acids is 1. The van der Waals surface area contributed by atoms with Crippen LogP contribution in [0.3, 0.4) is 0 Å². The molecule has 9 nitrogen and oxygen atoms in total. The number of carbonyl (C=O) groups is 1. The lowest BCUT2D eigenvalue weighted by Gasteiger charge is -2.07. The number of H-pyrrole nitrogens is 1. The van der Waals surface area contributed by atoms with Gasteiger partial charge in [-0.3, -0.25) is 9.78 Å². The highest BCUT2D eigenvalue weighted by Gasteiger charge is 2.14. The van der Waals surface area contributed by atoms with Crippen molar-refractivity contribution in [2.24, 2.45) is 0 Å². The van der Waals surface area contributed by atoms with Crippen molar-refractivity contribution in [2.45, 2.75) is 46.0 Å². The molecule has 0 saturated carbocycles. The van der Waals surface area contributed by atoms with Gasteiger partial charge in [-0.25, -0.2) is 9.59 Å². The maximum Gasteiger partial charge on any atom is 0.440 e. The normalized spacial score (nSPS) is 10.6. The van der Waals surface area contributed by atoms with E-state index in [2.05, 4.69) is 21.6 Å². The number of aryl methyl sites for hydroxylation is 1. The Morgan fingerprint density at radius 3 is 2.80 bits per heavy atom. The first kappa shape index (κ1) is 18.5. The zero-order valence-electron chi connectivity index (χ0n) is 14.2. The third-order valence-electron chi connectivity index (χ3n) is 3.48. The van der Waals surface area contributed by atoms with E-state index in [4.69, 9.17) is 9.25 Å². The Balaban J connectivity index is 2.26. The summed E-state index contributed by atoms with van der Waals surface area (Å²) in [5.41, 5.74) is 1.29. The van der Waals surface area contributed by atoms with Gasteiger partial charge in [-0.15, -0.1) is 5.48 Å². The molecule has 25 heavy (non-hydrogen) atoms. The summed E-state index contributed by atoms with van der Waals surface area (Å²) in [6.07, 6.45) is 3.78. The minimum atomic E-state index is -0.837. The first-order valence-corrected chi connectivity index (χ1v) is 8.21. The fourth-order valence-corrected chi connectivity index (χ4v) is 2.37. The second kappa shape index (κ2) is 8.86. The van der Waals surface area contributed by atoms with Crippen LogP contribution >= 0.6 is 0 Å². The monoisotopic (exact) mass is 351 g/mol. The first-order valence-electron chi connectivity index (χ1n) is 8.21. The van der Waals surface area contributed by atoms with E-state index in [0.717, 1.165) is 25.7 Å². The van der Waals surface area contributed by atoms with Gasteiger partial charge in [-0.05, 0) is 25.3 Å². The lowest BCUT2D eigenvalue weighted by molar-refractivity contribution is 0.0992. The van der Waals surface area contributed by atoms with Crippen LogP contribution in [-0.2, 0) is 11.2 Å². The Bertz CT molecular complexity index is 842. The molecule has 2 N–H and O–H groups in total. The average molecular weight is 351 g/mol. The predicted octanol–water partition coefficient (Wildman–Crippen LogP) is 2.04. The quantitative estimate of drug-likeness (QED) is 0.551. The van der Waals surface area contributed by atoms with Crippen LogP contribution in [0, 0.1) is 0 Å². The van der Waals surface area contributed by atoms with Crippen molar-refractivity contribution in [3.63, 3.8) is 0 Å². The second-order valence-corrected chi connectivity index (χ2v) is 5.38. The summed E-state index contributed by atoms with van der Waals surface area (Å²) in [6.45, 7) is 3.90. The van der Waals surface area contributed by atoms with Gasteiger partial charge < -0.3 is 14.0 Å². The molecule has 0 aromatic carbocycles. The fourth-order valence-electron chi connectivity index (χ4n) is 2.37. The Kier molecular flexibility index (Phi) is 6.55. The van der Waals surface area contributed by atoms with E-state index in [1.54, 1.807) is 6.92 Å². The predicted molar refractivity (Wildman–Crippen MR) is 89.5 cm³/mol. The SMILES string of the molecule is CCCCCCc1cc(=O)oc2nc(ONC(=O)OCC)[nH]c(=O)c12. The lowest BCUT2D eigenvalue weighted by atomic mass is 10.1. The summed E-state index contributed by atoms with van der Waals surface area (Å²) in [6, 6.07) is 1.000. The van der Waals surface area contributed by atoms with E-state index in [1.807, 2.05) is 5.48 Å². The molecule has 0 atom stereocenters. The van der Waals surface area contributed by atoms with Crippen molar-refractivity contribution in [1.29, 1.82) is 0 Å². The van der Waals surface area contributed by atoms with Gasteiger partial charge in [0, 0.05) is 6.07 Å². The molecule has 2 aromatic rings. The molecular weight excluding hydrogens is 330 g/mol. The van der Waals surface area contributed by atoms with E-state index in [1.165, 1.54) is 6.07 Å². The van der Waals surface area contributed by atoms with Crippen molar-refractivity contribution in [2.75, 3.05) is 6.61 Å². The molecule has 2 aromatic heterocycles. The number of amides is 1. The van der Waals surface area contributed by atoms with Crippen molar-refractivity contribution >= 4 is 17.2 Å². The Hall–Kier alpha value is -2.84. The van der Waals surface area contributed by atoms with Gasteiger partial charge in [-0.2, -0.15) is 4.98 Å². The molecule has 0 aliphatic heterocycles. The summed E-state index contributed by atoms with van der Waals surface area (Å²) >= 11 is 0. The fraction of sp³-hybridized carbons (Fsp3) is 0.500. The molecule has 1 amide bonds. The number of aromatic amines is 1. The summed E-state index contributed by atoms with van der Waals surface area (Å²) in [5.74, 6) is 0. The first-order chi connectivity index (χ1) is 12.0. The molecule has 0 saturated heterocycles. The minimum absolute atomic E-state index is 0.137. The van der Waals surface area contributed by atoms with E-state index >= 15 is 0 Å². The number of nitrogens with one attached hydrogen (secondary N) is 2. The molecule has 0 aliphatic carbocycles. The Morgan fingerprint density at radius 1 is 1.28 bits per heavy atom. The molecule has 9 heteroatoms. The maximum absolute atomic E-state index is 12.3. The number of rotatable bonds is 8. The van der Waals surface area contributed by atoms with Gasteiger partial charge >= 0.3 is 17.7 Å². The largest absolute Gasteiger partial charge is 0.448 e. The van der Waals surface area contributed by atoms with Gasteiger partial charge in [0.25, 0.3) is 5.56 Å².